The lowest BCUT2D eigenvalue weighted by Gasteiger charge is -2.34. The molecule has 4 nitrogen and oxygen atoms in total. The van der Waals surface area contributed by atoms with E-state index in [0.29, 0.717) is 19.8 Å². The van der Waals surface area contributed by atoms with E-state index in [1.165, 1.54) is 4.88 Å². The van der Waals surface area contributed by atoms with Crippen LogP contribution in [0.25, 0.3) is 10.6 Å². The van der Waals surface area contributed by atoms with E-state index in [1.807, 2.05) is 31.3 Å². The smallest absolute Gasteiger partial charge is 0.312 e. The van der Waals surface area contributed by atoms with Crippen LogP contribution < -0.4 is 0 Å². The van der Waals surface area contributed by atoms with Crippen molar-refractivity contribution in [2.45, 2.75) is 39.0 Å². The summed E-state index contributed by atoms with van der Waals surface area (Å²) in [5.41, 5.74) is 0.799. The van der Waals surface area contributed by atoms with Gasteiger partial charge in [-0.25, -0.2) is 4.98 Å². The Morgan fingerprint density at radius 3 is 2.76 bits per heavy atom. The van der Waals surface area contributed by atoms with E-state index >= 15 is 0 Å². The second kappa shape index (κ2) is 8.59. The van der Waals surface area contributed by atoms with Gasteiger partial charge < -0.3 is 9.47 Å². The Hall–Kier alpha value is -1.72. The van der Waals surface area contributed by atoms with E-state index in [2.05, 4.69) is 17.1 Å². The third-order valence-electron chi connectivity index (χ3n) is 4.81. The van der Waals surface area contributed by atoms with Crippen LogP contribution in [0.15, 0.2) is 36.5 Å². The number of ether oxygens (including phenoxy) is 2. The molecule has 0 unspecified atom stereocenters. The van der Waals surface area contributed by atoms with Gasteiger partial charge in [-0.1, -0.05) is 30.3 Å². The second-order valence-corrected chi connectivity index (χ2v) is 7.58. The monoisotopic (exact) mass is 359 g/mol. The molecule has 5 heteroatoms. The molecule has 1 saturated heterocycles. The molecule has 1 aliphatic rings. The highest BCUT2D eigenvalue weighted by Gasteiger charge is 2.40. The first-order valence-electron chi connectivity index (χ1n) is 8.99. The van der Waals surface area contributed by atoms with Crippen LogP contribution in [-0.2, 0) is 20.7 Å². The van der Waals surface area contributed by atoms with Crippen LogP contribution in [0.4, 0.5) is 0 Å². The van der Waals surface area contributed by atoms with Crippen molar-refractivity contribution < 1.29 is 14.3 Å². The molecule has 2 heterocycles. The minimum atomic E-state index is -0.360. The van der Waals surface area contributed by atoms with Gasteiger partial charge in [0.25, 0.3) is 0 Å². The molecule has 1 fully saturated rings. The van der Waals surface area contributed by atoms with E-state index in [1.54, 1.807) is 11.3 Å². The Kier molecular flexibility index (Phi) is 6.21. The van der Waals surface area contributed by atoms with Gasteiger partial charge in [0, 0.05) is 29.9 Å². The number of thiazole rings is 1. The van der Waals surface area contributed by atoms with Crippen molar-refractivity contribution in [3.63, 3.8) is 0 Å². The summed E-state index contributed by atoms with van der Waals surface area (Å²) < 4.78 is 10.8. The number of nitrogens with zero attached hydrogens (tertiary/aromatic N) is 1. The fraction of sp³-hybridized carbons (Fsp3) is 0.500. The summed E-state index contributed by atoms with van der Waals surface area (Å²) in [5.74, 6) is -0.0485. The Morgan fingerprint density at radius 2 is 2.04 bits per heavy atom. The van der Waals surface area contributed by atoms with Gasteiger partial charge in [-0.2, -0.15) is 0 Å². The SMILES string of the molecule is CCOC(=O)C1(CCCc2cnc(-c3ccccc3)s2)CCOCC1. The summed E-state index contributed by atoms with van der Waals surface area (Å²) in [6.45, 7) is 3.61. The second-order valence-electron chi connectivity index (χ2n) is 6.46. The normalized spacial score (nSPS) is 16.5. The molecule has 0 bridgehead atoms. The van der Waals surface area contributed by atoms with E-state index in [9.17, 15) is 4.79 Å². The van der Waals surface area contributed by atoms with Gasteiger partial charge in [0.15, 0.2) is 0 Å². The highest BCUT2D eigenvalue weighted by atomic mass is 32.1. The molecule has 0 amide bonds. The summed E-state index contributed by atoms with van der Waals surface area (Å²) in [6, 6.07) is 10.2. The molecule has 0 N–H and O–H groups in total. The van der Waals surface area contributed by atoms with Gasteiger partial charge in [0.05, 0.1) is 12.0 Å². The molecule has 0 aliphatic carbocycles. The number of hydrogen-bond donors (Lipinski definition) is 0. The van der Waals surface area contributed by atoms with Gasteiger partial charge in [0.1, 0.15) is 5.01 Å². The van der Waals surface area contributed by atoms with Gasteiger partial charge >= 0.3 is 5.97 Å². The molecule has 3 rings (SSSR count). The van der Waals surface area contributed by atoms with Gasteiger partial charge in [0.2, 0.25) is 0 Å². The van der Waals surface area contributed by atoms with Crippen LogP contribution in [0.1, 0.15) is 37.5 Å². The maximum atomic E-state index is 12.5. The van der Waals surface area contributed by atoms with E-state index in [0.717, 1.165) is 42.7 Å². The molecule has 1 aromatic carbocycles. The predicted octanol–water partition coefficient (Wildman–Crippen LogP) is 4.49. The number of carbonyl (C=O) groups is 1. The molecule has 1 aliphatic heterocycles. The first-order chi connectivity index (χ1) is 12.2. The highest BCUT2D eigenvalue weighted by Crippen LogP contribution is 2.37. The molecule has 0 spiro atoms. The highest BCUT2D eigenvalue weighted by molar-refractivity contribution is 7.15. The summed E-state index contributed by atoms with van der Waals surface area (Å²) in [6.07, 6.45) is 6.27. The Balaban J connectivity index is 1.59. The number of rotatable bonds is 7. The number of esters is 1. The first kappa shape index (κ1) is 18.1. The first-order valence-corrected chi connectivity index (χ1v) is 9.80. The average Bonchev–Trinajstić information content (AvgIpc) is 3.12. The number of benzene rings is 1. The van der Waals surface area contributed by atoms with Gasteiger partial charge in [-0.05, 0) is 39.0 Å². The molecule has 0 atom stereocenters. The van der Waals surface area contributed by atoms with Crippen LogP contribution in [0.5, 0.6) is 0 Å². The fourth-order valence-electron chi connectivity index (χ4n) is 3.34. The zero-order valence-electron chi connectivity index (χ0n) is 14.7. The van der Waals surface area contributed by atoms with Crippen molar-refractivity contribution in [1.29, 1.82) is 0 Å². The molecule has 134 valence electrons. The van der Waals surface area contributed by atoms with Crippen molar-refractivity contribution >= 4 is 17.3 Å². The van der Waals surface area contributed by atoms with E-state index in [-0.39, 0.29) is 11.4 Å². The Morgan fingerprint density at radius 1 is 1.28 bits per heavy atom. The van der Waals surface area contributed by atoms with Crippen LogP contribution in [0, 0.1) is 5.41 Å². The largest absolute Gasteiger partial charge is 0.466 e. The van der Waals surface area contributed by atoms with Gasteiger partial charge in [-0.15, -0.1) is 11.3 Å². The van der Waals surface area contributed by atoms with Gasteiger partial charge in [-0.3, -0.25) is 4.79 Å². The van der Waals surface area contributed by atoms with Crippen molar-refractivity contribution in [2.24, 2.45) is 5.41 Å². The summed E-state index contributed by atoms with van der Waals surface area (Å²) in [5, 5.41) is 1.06. The zero-order chi connectivity index (χ0) is 17.5. The molecule has 1 aromatic heterocycles. The van der Waals surface area contributed by atoms with Crippen LogP contribution in [0.3, 0.4) is 0 Å². The zero-order valence-corrected chi connectivity index (χ0v) is 15.5. The summed E-state index contributed by atoms with van der Waals surface area (Å²) in [7, 11) is 0. The third kappa shape index (κ3) is 4.47. The van der Waals surface area contributed by atoms with Crippen LogP contribution >= 0.6 is 11.3 Å². The van der Waals surface area contributed by atoms with Crippen molar-refractivity contribution in [3.8, 4) is 10.6 Å². The maximum absolute atomic E-state index is 12.5. The number of hydrogen-bond acceptors (Lipinski definition) is 5. The standard InChI is InChI=1S/C20H25NO3S/c1-2-24-19(22)20(11-13-23-14-12-20)10-6-9-17-15-21-18(25-17)16-7-4-3-5-8-16/h3-5,7-8,15H,2,6,9-14H2,1H3. The minimum Gasteiger partial charge on any atom is -0.466 e. The lowest BCUT2D eigenvalue weighted by molar-refractivity contribution is -0.162. The molecule has 0 saturated carbocycles. The molecule has 0 radical (unpaired) electrons. The Bertz CT molecular complexity index is 677. The van der Waals surface area contributed by atoms with Crippen LogP contribution in [0.2, 0.25) is 0 Å². The Labute approximate surface area is 153 Å². The predicted molar refractivity (Wildman–Crippen MR) is 99.6 cm³/mol. The van der Waals surface area contributed by atoms with Crippen LogP contribution in [-0.4, -0.2) is 30.8 Å². The van der Waals surface area contributed by atoms with Crippen molar-refractivity contribution in [1.82, 2.24) is 4.98 Å². The molecular formula is C20H25NO3S. The lowest BCUT2D eigenvalue weighted by Crippen LogP contribution is -2.38. The molecular weight excluding hydrogens is 334 g/mol. The summed E-state index contributed by atoms with van der Waals surface area (Å²) >= 11 is 1.74. The lowest BCUT2D eigenvalue weighted by atomic mass is 9.76. The number of aryl methyl sites for hydroxylation is 1. The van der Waals surface area contributed by atoms with Crippen molar-refractivity contribution in [3.05, 3.63) is 41.4 Å². The topological polar surface area (TPSA) is 48.4 Å². The minimum absolute atomic E-state index is 0.0485. The molecule has 25 heavy (non-hydrogen) atoms. The third-order valence-corrected chi connectivity index (χ3v) is 5.92. The fourth-order valence-corrected chi connectivity index (χ4v) is 4.30. The number of aromatic nitrogens is 1. The maximum Gasteiger partial charge on any atom is 0.312 e. The van der Waals surface area contributed by atoms with Crippen molar-refractivity contribution in [2.75, 3.05) is 19.8 Å². The van der Waals surface area contributed by atoms with E-state index < -0.39 is 0 Å². The quantitative estimate of drug-likeness (QED) is 0.683. The number of carbonyl (C=O) groups excluding carboxylic acids is 1. The average molecular weight is 359 g/mol. The summed E-state index contributed by atoms with van der Waals surface area (Å²) in [4.78, 5) is 18.3. The molecule has 2 aromatic rings. The van der Waals surface area contributed by atoms with E-state index in [4.69, 9.17) is 9.47 Å².